The SMILES string of the molecule is CCOC(=O)CCc1csc(N2CCCCC2C)n1. The third-order valence-corrected chi connectivity index (χ3v) is 4.41. The van der Waals surface area contributed by atoms with E-state index in [9.17, 15) is 4.79 Å². The highest BCUT2D eigenvalue weighted by atomic mass is 32.1. The van der Waals surface area contributed by atoms with Gasteiger partial charge in [-0.15, -0.1) is 11.3 Å². The van der Waals surface area contributed by atoms with Crippen molar-refractivity contribution in [1.29, 1.82) is 0 Å². The second-order valence-corrected chi connectivity index (χ2v) is 5.80. The first-order valence-corrected chi connectivity index (χ1v) is 7.95. The van der Waals surface area contributed by atoms with Gasteiger partial charge in [0.2, 0.25) is 0 Å². The Hall–Kier alpha value is -1.10. The number of hydrogen-bond donors (Lipinski definition) is 0. The highest BCUT2D eigenvalue weighted by molar-refractivity contribution is 7.13. The van der Waals surface area contributed by atoms with Crippen molar-refractivity contribution in [2.45, 2.75) is 52.0 Å². The van der Waals surface area contributed by atoms with Gasteiger partial charge >= 0.3 is 5.97 Å². The van der Waals surface area contributed by atoms with Crippen LogP contribution >= 0.6 is 11.3 Å². The van der Waals surface area contributed by atoms with Crippen molar-refractivity contribution < 1.29 is 9.53 Å². The number of carbonyl (C=O) groups excluding carboxylic acids is 1. The summed E-state index contributed by atoms with van der Waals surface area (Å²) >= 11 is 1.69. The van der Waals surface area contributed by atoms with E-state index < -0.39 is 0 Å². The highest BCUT2D eigenvalue weighted by Gasteiger charge is 2.21. The average molecular weight is 282 g/mol. The van der Waals surface area contributed by atoms with E-state index in [4.69, 9.17) is 4.74 Å². The second-order valence-electron chi connectivity index (χ2n) is 4.96. The molecule has 0 aromatic carbocycles. The molecule has 4 nitrogen and oxygen atoms in total. The fourth-order valence-electron chi connectivity index (χ4n) is 2.39. The zero-order valence-electron chi connectivity index (χ0n) is 11.7. The Labute approximate surface area is 118 Å². The smallest absolute Gasteiger partial charge is 0.306 e. The number of aryl methyl sites for hydroxylation is 1. The minimum atomic E-state index is -0.136. The predicted molar refractivity (Wildman–Crippen MR) is 77.7 cm³/mol. The van der Waals surface area contributed by atoms with Crippen LogP contribution in [0.25, 0.3) is 0 Å². The Balaban J connectivity index is 1.89. The van der Waals surface area contributed by atoms with Crippen molar-refractivity contribution in [1.82, 2.24) is 4.98 Å². The van der Waals surface area contributed by atoms with Gasteiger partial charge in [0.05, 0.1) is 18.7 Å². The van der Waals surface area contributed by atoms with Gasteiger partial charge < -0.3 is 9.64 Å². The van der Waals surface area contributed by atoms with Crippen molar-refractivity contribution in [2.75, 3.05) is 18.1 Å². The number of anilines is 1. The molecule has 1 aromatic heterocycles. The number of ether oxygens (including phenoxy) is 1. The number of rotatable bonds is 5. The highest BCUT2D eigenvalue weighted by Crippen LogP contribution is 2.27. The summed E-state index contributed by atoms with van der Waals surface area (Å²) in [5.41, 5.74) is 1.01. The van der Waals surface area contributed by atoms with Crippen LogP contribution in [0.3, 0.4) is 0 Å². The van der Waals surface area contributed by atoms with E-state index in [0.717, 1.165) is 17.4 Å². The van der Waals surface area contributed by atoms with E-state index >= 15 is 0 Å². The third kappa shape index (κ3) is 3.93. The molecule has 0 spiro atoms. The summed E-state index contributed by atoms with van der Waals surface area (Å²) in [6.07, 6.45) is 4.92. The molecule has 106 valence electrons. The molecule has 1 aromatic rings. The zero-order valence-corrected chi connectivity index (χ0v) is 12.5. The molecule has 1 aliphatic rings. The standard InChI is InChI=1S/C14H22N2O2S/c1-3-18-13(17)8-7-12-10-19-14(15-12)16-9-5-4-6-11(16)2/h10-11H,3-9H2,1-2H3. The van der Waals surface area contributed by atoms with E-state index in [1.165, 1.54) is 19.3 Å². The fourth-order valence-corrected chi connectivity index (χ4v) is 3.38. The molecule has 5 heteroatoms. The molecule has 0 amide bonds. The molecule has 2 heterocycles. The Bertz CT molecular complexity index is 419. The van der Waals surface area contributed by atoms with Crippen LogP contribution in [0.2, 0.25) is 0 Å². The van der Waals surface area contributed by atoms with Crippen LogP contribution in [0, 0.1) is 0 Å². The molecule has 1 aliphatic heterocycles. The van der Waals surface area contributed by atoms with E-state index in [1.807, 2.05) is 6.92 Å². The maximum absolute atomic E-state index is 11.3. The van der Waals surface area contributed by atoms with Crippen LogP contribution in [0.1, 0.15) is 45.2 Å². The van der Waals surface area contributed by atoms with Crippen molar-refractivity contribution in [2.24, 2.45) is 0 Å². The predicted octanol–water partition coefficient (Wildman–Crippen LogP) is 3.02. The number of esters is 1. The van der Waals surface area contributed by atoms with E-state index in [1.54, 1.807) is 11.3 Å². The van der Waals surface area contributed by atoms with Crippen LogP contribution in [-0.4, -0.2) is 30.1 Å². The molecule has 19 heavy (non-hydrogen) atoms. The number of hydrogen-bond acceptors (Lipinski definition) is 5. The molecule has 2 rings (SSSR count). The summed E-state index contributed by atoms with van der Waals surface area (Å²) in [6.45, 7) is 5.65. The molecule has 0 bridgehead atoms. The first-order chi connectivity index (χ1) is 9.20. The average Bonchev–Trinajstić information content (AvgIpc) is 2.86. The first-order valence-electron chi connectivity index (χ1n) is 7.07. The molecule has 0 radical (unpaired) electrons. The number of aromatic nitrogens is 1. The lowest BCUT2D eigenvalue weighted by molar-refractivity contribution is -0.143. The Morgan fingerprint density at radius 3 is 3.16 bits per heavy atom. The minimum Gasteiger partial charge on any atom is -0.466 e. The van der Waals surface area contributed by atoms with Crippen LogP contribution in [0.15, 0.2) is 5.38 Å². The molecule has 0 saturated carbocycles. The fraction of sp³-hybridized carbons (Fsp3) is 0.714. The lowest BCUT2D eigenvalue weighted by Gasteiger charge is -2.33. The van der Waals surface area contributed by atoms with Gasteiger partial charge in [0.25, 0.3) is 0 Å². The normalized spacial score (nSPS) is 19.5. The summed E-state index contributed by atoms with van der Waals surface area (Å²) in [6, 6.07) is 0.581. The van der Waals surface area contributed by atoms with Gasteiger partial charge in [0.15, 0.2) is 5.13 Å². The molecule has 1 saturated heterocycles. The number of piperidine rings is 1. The molecule has 1 atom stereocenters. The van der Waals surface area contributed by atoms with Crippen molar-refractivity contribution >= 4 is 22.4 Å². The third-order valence-electron chi connectivity index (χ3n) is 3.48. The molecule has 0 N–H and O–H groups in total. The topological polar surface area (TPSA) is 42.4 Å². The van der Waals surface area contributed by atoms with E-state index in [2.05, 4.69) is 22.2 Å². The van der Waals surface area contributed by atoms with Gasteiger partial charge in [0.1, 0.15) is 0 Å². The van der Waals surface area contributed by atoms with Gasteiger partial charge in [-0.2, -0.15) is 0 Å². The zero-order chi connectivity index (χ0) is 13.7. The van der Waals surface area contributed by atoms with Crippen LogP contribution in [0.5, 0.6) is 0 Å². The number of nitrogens with zero attached hydrogens (tertiary/aromatic N) is 2. The summed E-state index contributed by atoms with van der Waals surface area (Å²) in [5, 5.41) is 3.17. The molecule has 1 unspecified atom stereocenters. The lowest BCUT2D eigenvalue weighted by Crippen LogP contribution is -2.37. The quantitative estimate of drug-likeness (QED) is 0.779. The largest absolute Gasteiger partial charge is 0.466 e. The van der Waals surface area contributed by atoms with E-state index in [-0.39, 0.29) is 5.97 Å². The Kier molecular flexibility index (Phi) is 5.19. The maximum atomic E-state index is 11.3. The Morgan fingerprint density at radius 2 is 2.42 bits per heavy atom. The van der Waals surface area contributed by atoms with Crippen molar-refractivity contribution in [3.63, 3.8) is 0 Å². The van der Waals surface area contributed by atoms with Gasteiger partial charge in [0, 0.05) is 24.4 Å². The van der Waals surface area contributed by atoms with Crippen molar-refractivity contribution in [3.05, 3.63) is 11.1 Å². The van der Waals surface area contributed by atoms with Gasteiger partial charge in [-0.05, 0) is 33.1 Å². The first kappa shape index (κ1) is 14.3. The Morgan fingerprint density at radius 1 is 1.58 bits per heavy atom. The maximum Gasteiger partial charge on any atom is 0.306 e. The molecule has 1 fully saturated rings. The monoisotopic (exact) mass is 282 g/mol. The number of thiazole rings is 1. The second kappa shape index (κ2) is 6.89. The summed E-state index contributed by atoms with van der Waals surface area (Å²) in [7, 11) is 0. The van der Waals surface area contributed by atoms with Crippen LogP contribution < -0.4 is 4.90 Å². The summed E-state index contributed by atoms with van der Waals surface area (Å²) in [4.78, 5) is 18.4. The van der Waals surface area contributed by atoms with Crippen LogP contribution in [0.4, 0.5) is 5.13 Å². The van der Waals surface area contributed by atoms with Gasteiger partial charge in [-0.3, -0.25) is 4.79 Å². The summed E-state index contributed by atoms with van der Waals surface area (Å²) < 4.78 is 4.93. The molecular weight excluding hydrogens is 260 g/mol. The lowest BCUT2D eigenvalue weighted by atomic mass is 10.1. The van der Waals surface area contributed by atoms with Crippen molar-refractivity contribution in [3.8, 4) is 0 Å². The van der Waals surface area contributed by atoms with E-state index in [0.29, 0.717) is 25.5 Å². The molecular formula is C14H22N2O2S. The number of carbonyl (C=O) groups is 1. The molecule has 0 aliphatic carbocycles. The van der Waals surface area contributed by atoms with Gasteiger partial charge in [-0.25, -0.2) is 4.98 Å². The van der Waals surface area contributed by atoms with Crippen LogP contribution in [-0.2, 0) is 16.0 Å². The minimum absolute atomic E-state index is 0.136. The van der Waals surface area contributed by atoms with Gasteiger partial charge in [-0.1, -0.05) is 0 Å². The summed E-state index contributed by atoms with van der Waals surface area (Å²) in [5.74, 6) is -0.136.